The lowest BCUT2D eigenvalue weighted by Gasteiger charge is -2.33. The molecular formula is C33H42F3N5O3S. The van der Waals surface area contributed by atoms with E-state index >= 15 is 0 Å². The van der Waals surface area contributed by atoms with Crippen LogP contribution in [0.15, 0.2) is 47.4 Å². The van der Waals surface area contributed by atoms with Crippen LogP contribution in [0.25, 0.3) is 10.9 Å². The molecule has 0 bridgehead atoms. The first-order valence-electron chi connectivity index (χ1n) is 15.5. The van der Waals surface area contributed by atoms with Crippen LogP contribution < -0.4 is 15.4 Å². The summed E-state index contributed by atoms with van der Waals surface area (Å²) in [6.45, 7) is -0.0320. The maximum absolute atomic E-state index is 13.7. The summed E-state index contributed by atoms with van der Waals surface area (Å²) in [5.74, 6) is 6.22. The number of fused-ring (bicyclic) bond motifs is 1. The minimum Gasteiger partial charge on any atom is -0.495 e. The quantitative estimate of drug-likeness (QED) is 0.273. The van der Waals surface area contributed by atoms with Crippen LogP contribution in [0.1, 0.15) is 50.6 Å². The van der Waals surface area contributed by atoms with Crippen LogP contribution in [0.4, 0.5) is 24.5 Å². The molecule has 3 aromatic rings. The van der Waals surface area contributed by atoms with E-state index in [9.17, 15) is 21.6 Å². The van der Waals surface area contributed by atoms with Crippen LogP contribution in [0.3, 0.4) is 0 Å². The lowest BCUT2D eigenvalue weighted by atomic mass is 9.90. The molecule has 0 radical (unpaired) electrons. The van der Waals surface area contributed by atoms with E-state index in [4.69, 9.17) is 4.74 Å². The number of ether oxygens (including phenoxy) is 1. The molecule has 2 N–H and O–H groups in total. The van der Waals surface area contributed by atoms with Crippen LogP contribution in [0, 0.1) is 11.8 Å². The molecule has 1 saturated heterocycles. The number of rotatable bonds is 9. The SMILES string of the molecule is COc1cc(S(=O)(=O)N2CCCCC2)ccc1NCC#Cc1cc2c(NC3CCC(N(C)C)CC3)cccc2n1CC(F)(F)F. The number of halogens is 3. The average Bonchev–Trinajstić information content (AvgIpc) is 3.36. The monoisotopic (exact) mass is 645 g/mol. The zero-order valence-corrected chi connectivity index (χ0v) is 26.9. The Balaban J connectivity index is 1.34. The van der Waals surface area contributed by atoms with Crippen molar-refractivity contribution < 1.29 is 26.3 Å². The summed E-state index contributed by atoms with van der Waals surface area (Å²) >= 11 is 0. The first-order valence-corrected chi connectivity index (χ1v) is 16.9. The Hall–Kier alpha value is -3.40. The number of hydrogen-bond donors (Lipinski definition) is 2. The minimum absolute atomic E-state index is 0.113. The maximum Gasteiger partial charge on any atom is 0.406 e. The molecule has 2 fully saturated rings. The van der Waals surface area contributed by atoms with Crippen molar-refractivity contribution in [3.8, 4) is 17.6 Å². The number of alkyl halides is 3. The van der Waals surface area contributed by atoms with E-state index in [2.05, 4.69) is 41.5 Å². The van der Waals surface area contributed by atoms with Crippen molar-refractivity contribution >= 4 is 32.3 Å². The zero-order chi connectivity index (χ0) is 32.2. The van der Waals surface area contributed by atoms with Crippen LogP contribution >= 0.6 is 0 Å². The van der Waals surface area contributed by atoms with Crippen LogP contribution in [-0.2, 0) is 16.6 Å². The Kier molecular flexibility index (Phi) is 10.2. The molecule has 0 unspecified atom stereocenters. The van der Waals surface area contributed by atoms with Gasteiger partial charge in [-0.25, -0.2) is 8.42 Å². The molecule has 2 aliphatic rings. The van der Waals surface area contributed by atoms with Gasteiger partial charge in [-0.15, -0.1) is 0 Å². The second-order valence-electron chi connectivity index (χ2n) is 12.1. The summed E-state index contributed by atoms with van der Waals surface area (Å²) in [4.78, 5) is 2.41. The second kappa shape index (κ2) is 13.9. The Bertz CT molecular complexity index is 1650. The van der Waals surface area contributed by atoms with Gasteiger partial charge < -0.3 is 24.8 Å². The van der Waals surface area contributed by atoms with Gasteiger partial charge in [0.15, 0.2) is 0 Å². The number of sulfonamides is 1. The van der Waals surface area contributed by atoms with Gasteiger partial charge in [-0.2, -0.15) is 17.5 Å². The van der Waals surface area contributed by atoms with Gasteiger partial charge in [0.25, 0.3) is 0 Å². The van der Waals surface area contributed by atoms with Crippen molar-refractivity contribution in [1.82, 2.24) is 13.8 Å². The van der Waals surface area contributed by atoms with Crippen molar-refractivity contribution in [2.75, 3.05) is 51.5 Å². The Labute approximate surface area is 264 Å². The molecule has 1 aromatic heterocycles. The molecule has 2 heterocycles. The molecule has 8 nitrogen and oxygen atoms in total. The van der Waals surface area contributed by atoms with Crippen molar-refractivity contribution in [2.24, 2.45) is 0 Å². The summed E-state index contributed by atoms with van der Waals surface area (Å²) in [6, 6.07) is 12.6. The third-order valence-corrected chi connectivity index (χ3v) is 10.7. The molecule has 45 heavy (non-hydrogen) atoms. The molecule has 1 aliphatic heterocycles. The molecule has 1 saturated carbocycles. The summed E-state index contributed by atoms with van der Waals surface area (Å²) < 4.78 is 75.4. The fraction of sp³-hybridized carbons (Fsp3) is 0.515. The first kappa shape index (κ1) is 33.0. The average molecular weight is 646 g/mol. The number of methoxy groups -OCH3 is 1. The smallest absolute Gasteiger partial charge is 0.406 e. The Morgan fingerprint density at radius 3 is 2.40 bits per heavy atom. The number of aromatic nitrogens is 1. The molecule has 0 atom stereocenters. The highest BCUT2D eigenvalue weighted by atomic mass is 32.2. The predicted molar refractivity (Wildman–Crippen MR) is 172 cm³/mol. The van der Waals surface area contributed by atoms with Crippen molar-refractivity contribution in [3.05, 3.63) is 48.2 Å². The second-order valence-corrected chi connectivity index (χ2v) is 14.0. The Morgan fingerprint density at radius 2 is 1.73 bits per heavy atom. The number of anilines is 2. The standard InChI is InChI=1S/C33H42F3N5O3S/c1-39(2)25-14-12-24(13-15-25)38-29-10-7-11-31-28(29)21-26(41(31)23-33(34,35)36)9-8-18-37-30-17-16-27(22-32(30)44-3)45(42,43)40-19-5-4-6-20-40/h7,10-11,16-17,21-22,24-25,37-38H,4-6,12-15,18-20,23H2,1-3H3. The predicted octanol–water partition coefficient (Wildman–Crippen LogP) is 6.14. The van der Waals surface area contributed by atoms with Gasteiger partial charge in [-0.3, -0.25) is 0 Å². The number of nitrogens with zero attached hydrogens (tertiary/aromatic N) is 3. The van der Waals surface area contributed by atoms with Crippen molar-refractivity contribution in [2.45, 2.75) is 74.6 Å². The van der Waals surface area contributed by atoms with Gasteiger partial charge in [0.2, 0.25) is 10.0 Å². The maximum atomic E-state index is 13.7. The van der Waals surface area contributed by atoms with E-state index in [0.29, 0.717) is 41.5 Å². The van der Waals surface area contributed by atoms with Gasteiger partial charge in [-0.1, -0.05) is 18.4 Å². The van der Waals surface area contributed by atoms with E-state index in [0.717, 1.165) is 50.6 Å². The van der Waals surface area contributed by atoms with E-state index in [1.165, 1.54) is 28.1 Å². The first-order chi connectivity index (χ1) is 21.5. The van der Waals surface area contributed by atoms with Gasteiger partial charge >= 0.3 is 6.18 Å². The summed E-state index contributed by atoms with van der Waals surface area (Å²) in [5.41, 5.74) is 2.09. The molecule has 244 valence electrons. The van der Waals surface area contributed by atoms with Crippen LogP contribution in [0.5, 0.6) is 5.75 Å². The fourth-order valence-electron chi connectivity index (χ4n) is 6.33. The van der Waals surface area contributed by atoms with Gasteiger partial charge in [0, 0.05) is 42.3 Å². The highest BCUT2D eigenvalue weighted by Gasteiger charge is 2.30. The van der Waals surface area contributed by atoms with E-state index in [1.54, 1.807) is 24.3 Å². The third-order valence-electron chi connectivity index (χ3n) is 8.78. The van der Waals surface area contributed by atoms with Crippen molar-refractivity contribution in [1.29, 1.82) is 0 Å². The third kappa shape index (κ3) is 7.88. The number of hydrogen-bond acceptors (Lipinski definition) is 6. The number of nitrogens with one attached hydrogen (secondary N) is 2. The van der Waals surface area contributed by atoms with Crippen molar-refractivity contribution in [3.63, 3.8) is 0 Å². The van der Waals surface area contributed by atoms with Crippen LogP contribution in [0.2, 0.25) is 0 Å². The molecule has 0 spiro atoms. The van der Waals surface area contributed by atoms with Crippen LogP contribution in [-0.4, -0.2) is 81.3 Å². The molecule has 1 aliphatic carbocycles. The Morgan fingerprint density at radius 1 is 1.00 bits per heavy atom. The lowest BCUT2D eigenvalue weighted by molar-refractivity contribution is -0.140. The van der Waals surface area contributed by atoms with Gasteiger partial charge in [0.05, 0.1) is 35.4 Å². The lowest BCUT2D eigenvalue weighted by Crippen LogP contribution is -2.36. The minimum atomic E-state index is -4.42. The van der Waals surface area contributed by atoms with E-state index in [-0.39, 0.29) is 23.2 Å². The molecule has 2 aromatic carbocycles. The molecular weight excluding hydrogens is 603 g/mol. The summed E-state index contributed by atoms with van der Waals surface area (Å²) in [6.07, 6.45) is 2.41. The van der Waals surface area contributed by atoms with Gasteiger partial charge in [0.1, 0.15) is 12.3 Å². The molecule has 5 rings (SSSR count). The topological polar surface area (TPSA) is 78.8 Å². The largest absolute Gasteiger partial charge is 0.495 e. The summed E-state index contributed by atoms with van der Waals surface area (Å²) in [5, 5.41) is 7.42. The van der Waals surface area contributed by atoms with Gasteiger partial charge in [-0.05, 0) is 88.9 Å². The van der Waals surface area contributed by atoms with E-state index < -0.39 is 22.7 Å². The molecule has 12 heteroatoms. The highest BCUT2D eigenvalue weighted by Crippen LogP contribution is 2.33. The van der Waals surface area contributed by atoms with E-state index in [1.807, 2.05) is 6.07 Å². The summed E-state index contributed by atoms with van der Waals surface area (Å²) in [7, 11) is 2.02. The number of piperidine rings is 1. The normalized spacial score (nSPS) is 19.7. The number of benzene rings is 2. The zero-order valence-electron chi connectivity index (χ0n) is 26.1. The highest BCUT2D eigenvalue weighted by molar-refractivity contribution is 7.89. The molecule has 0 amide bonds. The fourth-order valence-corrected chi connectivity index (χ4v) is 7.86.